The van der Waals surface area contributed by atoms with Gasteiger partial charge in [0.1, 0.15) is 11.4 Å². The number of nitrogens with zero attached hydrogens (tertiary/aromatic N) is 2. The summed E-state index contributed by atoms with van der Waals surface area (Å²) in [5.74, 6) is 1.24. The van der Waals surface area contributed by atoms with Gasteiger partial charge in [0.05, 0.1) is 11.8 Å². The normalized spacial score (nSPS) is 20.8. The van der Waals surface area contributed by atoms with Crippen molar-refractivity contribution < 1.29 is 14.0 Å². The number of nitrogens with one attached hydrogen (secondary N) is 2. The molecule has 3 unspecified atom stereocenters. The number of piperidine rings is 1. The molecule has 2 aromatic heterocycles. The molecule has 3 heterocycles. The summed E-state index contributed by atoms with van der Waals surface area (Å²) in [6.07, 6.45) is 7.44. The van der Waals surface area contributed by atoms with Crippen molar-refractivity contribution >= 4 is 28.6 Å². The zero-order valence-corrected chi connectivity index (χ0v) is 21.5. The molecular weight excluding hydrogens is 476 g/mol. The summed E-state index contributed by atoms with van der Waals surface area (Å²) in [6, 6.07) is 19.9. The summed E-state index contributed by atoms with van der Waals surface area (Å²) in [5.41, 5.74) is 3.93. The van der Waals surface area contributed by atoms with Crippen LogP contribution in [0.25, 0.3) is 11.0 Å². The van der Waals surface area contributed by atoms with E-state index in [1.165, 1.54) is 0 Å². The van der Waals surface area contributed by atoms with Gasteiger partial charge in [-0.3, -0.25) is 9.59 Å². The maximum absolute atomic E-state index is 13.2. The van der Waals surface area contributed by atoms with E-state index < -0.39 is 0 Å². The first kappa shape index (κ1) is 24.2. The van der Waals surface area contributed by atoms with Gasteiger partial charge in [-0.1, -0.05) is 36.4 Å². The van der Waals surface area contributed by atoms with Crippen LogP contribution in [0.15, 0.2) is 77.5 Å². The van der Waals surface area contributed by atoms with Gasteiger partial charge in [-0.05, 0) is 68.4 Å². The van der Waals surface area contributed by atoms with E-state index in [1.807, 2.05) is 67.6 Å². The number of carbonyl (C=O) groups is 2. The molecular formula is C31H32N4O3. The van der Waals surface area contributed by atoms with E-state index in [2.05, 4.69) is 20.5 Å². The summed E-state index contributed by atoms with van der Waals surface area (Å²) in [7, 11) is 0. The Morgan fingerprint density at radius 2 is 1.89 bits per heavy atom. The van der Waals surface area contributed by atoms with Crippen LogP contribution in [-0.4, -0.2) is 35.4 Å². The molecule has 2 aromatic carbocycles. The van der Waals surface area contributed by atoms with Crippen LogP contribution >= 0.6 is 0 Å². The predicted octanol–water partition coefficient (Wildman–Crippen LogP) is 5.24. The van der Waals surface area contributed by atoms with Crippen LogP contribution in [0.1, 0.15) is 57.5 Å². The first-order valence-electron chi connectivity index (χ1n) is 13.4. The van der Waals surface area contributed by atoms with Crippen LogP contribution in [0.4, 0.5) is 5.82 Å². The van der Waals surface area contributed by atoms with Crippen LogP contribution in [0.2, 0.25) is 0 Å². The van der Waals surface area contributed by atoms with E-state index in [1.54, 1.807) is 12.5 Å². The third-order valence-corrected chi connectivity index (χ3v) is 8.08. The number of fused-ring (bicyclic) bond motifs is 2. The standard InChI is InChI=1S/C31H32N4O3/c1-20-26(11-9-22-13-15-38-29(20)22)31(37)34-25-16-23-8-5-14-35(27(23)17-25)28-12-10-24(19-32-28)30(36)33-18-21-6-3-2-4-7-21/h2-4,6-7,9-13,15,19,23,25,27H,5,8,14,16-18H2,1H3,(H,33,36)(H,34,37). The highest BCUT2D eigenvalue weighted by molar-refractivity contribution is 6.00. The second-order valence-corrected chi connectivity index (χ2v) is 10.5. The molecule has 1 aliphatic heterocycles. The highest BCUT2D eigenvalue weighted by Crippen LogP contribution is 2.39. The Labute approximate surface area is 222 Å². The molecule has 194 valence electrons. The van der Waals surface area contributed by atoms with E-state index in [4.69, 9.17) is 4.42 Å². The Morgan fingerprint density at radius 1 is 1.03 bits per heavy atom. The quantitative estimate of drug-likeness (QED) is 0.372. The lowest BCUT2D eigenvalue weighted by molar-refractivity contribution is 0.0932. The van der Waals surface area contributed by atoms with Crippen molar-refractivity contribution in [1.29, 1.82) is 0 Å². The summed E-state index contributed by atoms with van der Waals surface area (Å²) in [6.45, 7) is 3.36. The molecule has 2 fully saturated rings. The Hall–Kier alpha value is -4.13. The number of hydrogen-bond donors (Lipinski definition) is 2. The molecule has 4 aromatic rings. The second kappa shape index (κ2) is 10.3. The number of pyridine rings is 1. The summed E-state index contributed by atoms with van der Waals surface area (Å²) in [5, 5.41) is 7.26. The topological polar surface area (TPSA) is 87.5 Å². The largest absolute Gasteiger partial charge is 0.464 e. The first-order chi connectivity index (χ1) is 18.6. The monoisotopic (exact) mass is 508 g/mol. The third-order valence-electron chi connectivity index (χ3n) is 8.08. The summed E-state index contributed by atoms with van der Waals surface area (Å²) in [4.78, 5) is 32.8. The number of aryl methyl sites for hydroxylation is 1. The third kappa shape index (κ3) is 4.76. The molecule has 7 nitrogen and oxygen atoms in total. The van der Waals surface area contributed by atoms with Crippen LogP contribution in [0.3, 0.4) is 0 Å². The Morgan fingerprint density at radius 3 is 2.71 bits per heavy atom. The fourth-order valence-corrected chi connectivity index (χ4v) is 6.14. The van der Waals surface area contributed by atoms with E-state index in [0.717, 1.165) is 60.1 Å². The van der Waals surface area contributed by atoms with Crippen LogP contribution in [-0.2, 0) is 6.54 Å². The number of aromatic nitrogens is 1. The number of rotatable bonds is 6. The van der Waals surface area contributed by atoms with Crippen molar-refractivity contribution in [3.05, 3.63) is 95.4 Å². The van der Waals surface area contributed by atoms with E-state index >= 15 is 0 Å². The van der Waals surface area contributed by atoms with E-state index in [-0.39, 0.29) is 17.9 Å². The van der Waals surface area contributed by atoms with Gasteiger partial charge in [-0.2, -0.15) is 0 Å². The molecule has 0 bridgehead atoms. The lowest BCUT2D eigenvalue weighted by atomic mass is 9.92. The van der Waals surface area contributed by atoms with Gasteiger partial charge in [0.15, 0.2) is 0 Å². The van der Waals surface area contributed by atoms with Gasteiger partial charge < -0.3 is 20.0 Å². The number of carbonyl (C=O) groups excluding carboxylic acids is 2. The van der Waals surface area contributed by atoms with Gasteiger partial charge in [-0.15, -0.1) is 0 Å². The van der Waals surface area contributed by atoms with Crippen molar-refractivity contribution in [2.45, 2.75) is 51.2 Å². The number of hydrogen-bond acceptors (Lipinski definition) is 5. The Kier molecular flexibility index (Phi) is 6.58. The zero-order chi connectivity index (χ0) is 26.1. The highest BCUT2D eigenvalue weighted by Gasteiger charge is 2.41. The average molecular weight is 509 g/mol. The molecule has 1 saturated carbocycles. The molecule has 3 atom stereocenters. The fourth-order valence-electron chi connectivity index (χ4n) is 6.14. The van der Waals surface area contributed by atoms with Gasteiger partial charge in [0, 0.05) is 47.9 Å². The predicted molar refractivity (Wildman–Crippen MR) is 147 cm³/mol. The molecule has 2 amide bonds. The summed E-state index contributed by atoms with van der Waals surface area (Å²) >= 11 is 0. The first-order valence-corrected chi connectivity index (χ1v) is 13.4. The SMILES string of the molecule is Cc1c(C(=O)NC2CC3CCCN(c4ccc(C(=O)NCc5ccccc5)cn4)C3C2)ccc2ccoc12. The van der Waals surface area contributed by atoms with E-state index in [9.17, 15) is 9.59 Å². The highest BCUT2D eigenvalue weighted by atomic mass is 16.3. The number of furan rings is 1. The minimum atomic E-state index is -0.129. The molecule has 2 aliphatic rings. The van der Waals surface area contributed by atoms with Crippen LogP contribution < -0.4 is 15.5 Å². The number of anilines is 1. The molecule has 0 radical (unpaired) electrons. The van der Waals surface area contributed by atoms with Crippen molar-refractivity contribution in [2.24, 2.45) is 5.92 Å². The molecule has 6 rings (SSSR count). The van der Waals surface area contributed by atoms with Crippen molar-refractivity contribution in [1.82, 2.24) is 15.6 Å². The van der Waals surface area contributed by atoms with Crippen molar-refractivity contribution in [2.75, 3.05) is 11.4 Å². The van der Waals surface area contributed by atoms with Crippen LogP contribution in [0, 0.1) is 12.8 Å². The number of benzene rings is 2. The average Bonchev–Trinajstić information content (AvgIpc) is 3.59. The maximum Gasteiger partial charge on any atom is 0.253 e. The van der Waals surface area contributed by atoms with Gasteiger partial charge >= 0.3 is 0 Å². The maximum atomic E-state index is 13.2. The lowest BCUT2D eigenvalue weighted by Crippen LogP contribution is -2.43. The Bertz CT molecular complexity index is 1450. The van der Waals surface area contributed by atoms with E-state index in [0.29, 0.717) is 29.6 Å². The molecule has 38 heavy (non-hydrogen) atoms. The van der Waals surface area contributed by atoms with Crippen LogP contribution in [0.5, 0.6) is 0 Å². The fraction of sp³-hybridized carbons (Fsp3) is 0.323. The molecule has 2 N–H and O–H groups in total. The summed E-state index contributed by atoms with van der Waals surface area (Å²) < 4.78 is 5.59. The van der Waals surface area contributed by atoms with Gasteiger partial charge in [0.2, 0.25) is 0 Å². The van der Waals surface area contributed by atoms with Crippen molar-refractivity contribution in [3.63, 3.8) is 0 Å². The van der Waals surface area contributed by atoms with Gasteiger partial charge in [-0.25, -0.2) is 4.98 Å². The molecule has 1 saturated heterocycles. The Balaban J connectivity index is 1.10. The lowest BCUT2D eigenvalue weighted by Gasteiger charge is -2.38. The van der Waals surface area contributed by atoms with Crippen molar-refractivity contribution in [3.8, 4) is 0 Å². The molecule has 7 heteroatoms. The molecule has 0 spiro atoms. The smallest absolute Gasteiger partial charge is 0.253 e. The van der Waals surface area contributed by atoms with Gasteiger partial charge in [0.25, 0.3) is 11.8 Å². The minimum Gasteiger partial charge on any atom is -0.464 e. The zero-order valence-electron chi connectivity index (χ0n) is 21.5. The molecule has 1 aliphatic carbocycles. The number of amides is 2. The second-order valence-electron chi connectivity index (χ2n) is 10.5. The minimum absolute atomic E-state index is 0.0417.